The fourth-order valence-electron chi connectivity index (χ4n) is 6.24. The predicted molar refractivity (Wildman–Crippen MR) is 167 cm³/mol. The van der Waals surface area contributed by atoms with Crippen LogP contribution in [0.2, 0.25) is 0 Å². The quantitative estimate of drug-likeness (QED) is 0.113. The van der Waals surface area contributed by atoms with Crippen LogP contribution in [0.3, 0.4) is 0 Å². The average molecular weight is 677 g/mol. The van der Waals surface area contributed by atoms with E-state index in [4.69, 9.17) is 4.74 Å². The fourth-order valence-corrected chi connectivity index (χ4v) is 6.24. The Labute approximate surface area is 273 Å². The summed E-state index contributed by atoms with van der Waals surface area (Å²) in [5, 5.41) is 0. The summed E-state index contributed by atoms with van der Waals surface area (Å²) < 4.78 is 134. The highest BCUT2D eigenvalue weighted by molar-refractivity contribution is 5.72. The molecule has 254 valence electrons. The zero-order valence-electron chi connectivity index (χ0n) is 26.0. The van der Waals surface area contributed by atoms with E-state index in [-0.39, 0.29) is 47.1 Å². The lowest BCUT2D eigenvalue weighted by atomic mass is 9.82. The second kappa shape index (κ2) is 15.0. The molecule has 0 aliphatic heterocycles. The largest absolute Gasteiger partial charge is 0.386 e. The Morgan fingerprint density at radius 1 is 0.708 bits per heavy atom. The summed E-state index contributed by atoms with van der Waals surface area (Å²) in [6.07, 6.45) is -2.08. The third-order valence-electron chi connectivity index (χ3n) is 8.79. The van der Waals surface area contributed by atoms with E-state index in [9.17, 15) is 30.7 Å². The monoisotopic (exact) mass is 676 g/mol. The Balaban J connectivity index is 1.23. The average Bonchev–Trinajstić information content (AvgIpc) is 3.03. The molecular formula is C38H33F9O. The van der Waals surface area contributed by atoms with Gasteiger partial charge >= 0.3 is 6.11 Å². The van der Waals surface area contributed by atoms with Crippen molar-refractivity contribution >= 4 is 6.08 Å². The number of alkyl halides is 2. The van der Waals surface area contributed by atoms with Gasteiger partial charge in [-0.15, -0.1) is 0 Å². The molecular weight excluding hydrogens is 643 g/mol. The maximum absolute atomic E-state index is 15.3. The van der Waals surface area contributed by atoms with Gasteiger partial charge in [0.1, 0.15) is 29.1 Å². The summed E-state index contributed by atoms with van der Waals surface area (Å²) in [6, 6.07) is 13.2. The maximum Gasteiger partial charge on any atom is 0.386 e. The Kier molecular flexibility index (Phi) is 11.0. The van der Waals surface area contributed by atoms with Crippen LogP contribution in [0.4, 0.5) is 39.5 Å². The molecule has 5 rings (SSSR count). The number of ether oxygens (including phenoxy) is 1. The molecule has 1 aliphatic rings. The molecule has 1 saturated carbocycles. The molecule has 0 atom stereocenters. The summed E-state index contributed by atoms with van der Waals surface area (Å²) in [7, 11) is 0. The lowest BCUT2D eigenvalue weighted by molar-refractivity contribution is -0.278. The lowest BCUT2D eigenvalue weighted by Crippen LogP contribution is -2.30. The van der Waals surface area contributed by atoms with Gasteiger partial charge in [0.25, 0.3) is 6.08 Å². The fraction of sp³-hybridized carbons (Fsp3) is 0.316. The highest BCUT2D eigenvalue weighted by atomic mass is 19.3. The molecule has 10 heteroatoms. The zero-order valence-corrected chi connectivity index (χ0v) is 26.0. The van der Waals surface area contributed by atoms with Crippen LogP contribution in [0.25, 0.3) is 28.3 Å². The third-order valence-corrected chi connectivity index (χ3v) is 8.79. The van der Waals surface area contributed by atoms with Crippen LogP contribution in [0, 0.1) is 29.1 Å². The first-order valence-electron chi connectivity index (χ1n) is 15.8. The van der Waals surface area contributed by atoms with E-state index in [2.05, 4.69) is 0 Å². The highest BCUT2D eigenvalue weighted by Crippen LogP contribution is 2.41. The van der Waals surface area contributed by atoms with Gasteiger partial charge in [-0.2, -0.15) is 17.6 Å². The standard InChI is InChI=1S/C38H33F9O/c1-2-3-4-5-22-6-15-31(36(43)16-22)38(46,47)48-27-11-7-23(8-12-27)24-9-13-28(32(39)17-24)25-10-14-29(33(40)18-25)26-19-34(41)30(21-37(44)45)35(42)20-26/h6,9-10,13-21,23,27H,2-5,7-8,11-12H2,1H3. The minimum Gasteiger partial charge on any atom is -0.313 e. The van der Waals surface area contributed by atoms with Gasteiger partial charge < -0.3 is 4.74 Å². The van der Waals surface area contributed by atoms with Gasteiger partial charge in [-0.05, 0) is 103 Å². The van der Waals surface area contributed by atoms with Crippen molar-refractivity contribution in [1.82, 2.24) is 0 Å². The SMILES string of the molecule is CCCCCc1ccc(C(F)(F)OC2CCC(c3ccc(-c4ccc(-c5cc(F)c(C=C(F)F)c(F)c5)c(F)c4)c(F)c3)CC2)c(F)c1. The molecule has 0 radical (unpaired) electrons. The van der Waals surface area contributed by atoms with Crippen molar-refractivity contribution < 1.29 is 44.3 Å². The van der Waals surface area contributed by atoms with E-state index in [1.165, 1.54) is 30.3 Å². The second-order valence-electron chi connectivity index (χ2n) is 12.1. The minimum absolute atomic E-state index is 0.0380. The molecule has 0 bridgehead atoms. The molecule has 1 aliphatic carbocycles. The predicted octanol–water partition coefficient (Wildman–Crippen LogP) is 12.5. The molecule has 1 fully saturated rings. The Morgan fingerprint density at radius 2 is 1.33 bits per heavy atom. The third kappa shape index (κ3) is 8.14. The normalized spacial score (nSPS) is 16.6. The first-order valence-corrected chi connectivity index (χ1v) is 15.8. The summed E-state index contributed by atoms with van der Waals surface area (Å²) in [6.45, 7) is 2.04. The molecule has 48 heavy (non-hydrogen) atoms. The first kappa shape index (κ1) is 35.3. The van der Waals surface area contributed by atoms with Crippen LogP contribution in [-0.4, -0.2) is 6.10 Å². The molecule has 0 amide bonds. The molecule has 0 unspecified atom stereocenters. The number of rotatable bonds is 11. The van der Waals surface area contributed by atoms with Crippen LogP contribution in [0.5, 0.6) is 0 Å². The molecule has 0 aromatic heterocycles. The van der Waals surface area contributed by atoms with E-state index < -0.39 is 58.5 Å². The van der Waals surface area contributed by atoms with Crippen molar-refractivity contribution in [3.8, 4) is 22.3 Å². The number of halogens is 9. The topological polar surface area (TPSA) is 9.23 Å². The smallest absolute Gasteiger partial charge is 0.313 e. The Bertz CT molecular complexity index is 1760. The molecule has 1 nitrogen and oxygen atoms in total. The number of aryl methyl sites for hydroxylation is 1. The van der Waals surface area contributed by atoms with E-state index in [0.29, 0.717) is 30.4 Å². The summed E-state index contributed by atoms with van der Waals surface area (Å²) in [4.78, 5) is 0. The summed E-state index contributed by atoms with van der Waals surface area (Å²) in [5.41, 5.74) is -0.678. The van der Waals surface area contributed by atoms with Gasteiger partial charge in [-0.25, -0.2) is 22.0 Å². The van der Waals surface area contributed by atoms with Crippen molar-refractivity contribution in [2.45, 2.75) is 76.4 Å². The Hall–Kier alpha value is -4.05. The first-order chi connectivity index (χ1) is 22.9. The Morgan fingerprint density at radius 3 is 1.94 bits per heavy atom. The van der Waals surface area contributed by atoms with Gasteiger partial charge in [0.2, 0.25) is 0 Å². The number of hydrogen-bond acceptors (Lipinski definition) is 1. The summed E-state index contributed by atoms with van der Waals surface area (Å²) >= 11 is 0. The lowest BCUT2D eigenvalue weighted by Gasteiger charge is -2.31. The highest BCUT2D eigenvalue weighted by Gasteiger charge is 2.40. The zero-order chi connectivity index (χ0) is 34.6. The van der Waals surface area contributed by atoms with E-state index in [1.807, 2.05) is 6.92 Å². The molecule has 0 heterocycles. The van der Waals surface area contributed by atoms with Gasteiger partial charge in [-0.1, -0.05) is 50.1 Å². The van der Waals surface area contributed by atoms with Crippen LogP contribution < -0.4 is 0 Å². The van der Waals surface area contributed by atoms with Crippen LogP contribution in [0.1, 0.15) is 80.0 Å². The molecule has 0 N–H and O–H groups in total. The van der Waals surface area contributed by atoms with E-state index >= 15 is 8.78 Å². The molecule has 4 aromatic rings. The van der Waals surface area contributed by atoms with Gasteiger partial charge in [0.15, 0.2) is 0 Å². The van der Waals surface area contributed by atoms with Crippen molar-refractivity contribution in [3.63, 3.8) is 0 Å². The van der Waals surface area contributed by atoms with Crippen LogP contribution in [0.15, 0.2) is 72.8 Å². The van der Waals surface area contributed by atoms with Crippen LogP contribution >= 0.6 is 0 Å². The summed E-state index contributed by atoms with van der Waals surface area (Å²) in [5.74, 6) is -5.31. The second-order valence-corrected chi connectivity index (χ2v) is 12.1. The molecule has 0 spiro atoms. The number of unbranched alkanes of at least 4 members (excludes halogenated alkanes) is 2. The van der Waals surface area contributed by atoms with Crippen molar-refractivity contribution in [2.24, 2.45) is 0 Å². The van der Waals surface area contributed by atoms with E-state index in [1.54, 1.807) is 6.07 Å². The number of hydrogen-bond donors (Lipinski definition) is 0. The van der Waals surface area contributed by atoms with Crippen LogP contribution in [-0.2, 0) is 17.3 Å². The van der Waals surface area contributed by atoms with Gasteiger partial charge in [-0.3, -0.25) is 0 Å². The van der Waals surface area contributed by atoms with Crippen molar-refractivity contribution in [1.29, 1.82) is 0 Å². The van der Waals surface area contributed by atoms with E-state index in [0.717, 1.165) is 49.6 Å². The minimum atomic E-state index is -3.81. The molecule has 4 aromatic carbocycles. The van der Waals surface area contributed by atoms with Crippen molar-refractivity contribution in [3.05, 3.63) is 124 Å². The van der Waals surface area contributed by atoms with Gasteiger partial charge in [0, 0.05) is 17.2 Å². The van der Waals surface area contributed by atoms with Crippen molar-refractivity contribution in [2.75, 3.05) is 0 Å². The van der Waals surface area contributed by atoms with Gasteiger partial charge in [0.05, 0.1) is 17.2 Å². The molecule has 0 saturated heterocycles. The number of benzene rings is 4. The maximum atomic E-state index is 15.3.